The van der Waals surface area contributed by atoms with Gasteiger partial charge in [0, 0.05) is 5.02 Å². The average Bonchev–Trinajstić information content (AvgIpc) is 3.29. The number of sulfone groups is 1. The highest BCUT2D eigenvalue weighted by atomic mass is 35.5. The van der Waals surface area contributed by atoms with Gasteiger partial charge in [-0.2, -0.15) is 0 Å². The lowest BCUT2D eigenvalue weighted by atomic mass is 10.4. The Morgan fingerprint density at radius 2 is 1.86 bits per heavy atom. The smallest absolute Gasteiger partial charge is 0.350 e. The molecule has 0 atom stereocenters. The molecular formula is C17H13ClN2O6S2. The van der Waals surface area contributed by atoms with Crippen molar-refractivity contribution in [3.63, 3.8) is 0 Å². The molecule has 1 amide bonds. The molecule has 0 spiro atoms. The van der Waals surface area contributed by atoms with Crippen LogP contribution in [0.3, 0.4) is 0 Å². The molecule has 28 heavy (non-hydrogen) atoms. The maximum absolute atomic E-state index is 12.6. The van der Waals surface area contributed by atoms with E-state index in [9.17, 15) is 18.0 Å². The second-order valence-electron chi connectivity index (χ2n) is 5.46. The van der Waals surface area contributed by atoms with Crippen LogP contribution < -0.4 is 5.32 Å². The predicted molar refractivity (Wildman–Crippen MR) is 102 cm³/mol. The molecule has 0 aliphatic rings. The van der Waals surface area contributed by atoms with Gasteiger partial charge < -0.3 is 9.15 Å². The lowest BCUT2D eigenvalue weighted by molar-refractivity contribution is 0.0605. The first kappa shape index (κ1) is 20.1. The first-order valence-electron chi connectivity index (χ1n) is 7.70. The number of hydrogen-bond acceptors (Lipinski definition) is 8. The van der Waals surface area contributed by atoms with Crippen molar-refractivity contribution in [3.8, 4) is 0 Å². The molecule has 2 aromatic heterocycles. The number of nitrogens with one attached hydrogen (secondary N) is 1. The molecule has 1 aromatic carbocycles. The molecule has 1 N–H and O–H groups in total. The molecule has 0 bridgehead atoms. The summed E-state index contributed by atoms with van der Waals surface area (Å²) < 4.78 is 35.0. The van der Waals surface area contributed by atoms with E-state index < -0.39 is 21.7 Å². The van der Waals surface area contributed by atoms with Gasteiger partial charge in [0.05, 0.1) is 17.7 Å². The molecule has 0 aliphatic carbocycles. The van der Waals surface area contributed by atoms with E-state index in [-0.39, 0.29) is 25.8 Å². The number of aryl methyl sites for hydroxylation is 1. The highest BCUT2D eigenvalue weighted by molar-refractivity contribution is 7.91. The van der Waals surface area contributed by atoms with Gasteiger partial charge in [-0.05, 0) is 43.3 Å². The Bertz CT molecular complexity index is 1150. The van der Waals surface area contributed by atoms with Crippen LogP contribution in [0.5, 0.6) is 0 Å². The fourth-order valence-corrected chi connectivity index (χ4v) is 4.39. The van der Waals surface area contributed by atoms with Gasteiger partial charge in [-0.3, -0.25) is 10.1 Å². The molecule has 2 heterocycles. The van der Waals surface area contributed by atoms with Crippen LogP contribution in [0.4, 0.5) is 5.13 Å². The van der Waals surface area contributed by atoms with E-state index in [4.69, 9.17) is 16.0 Å². The Morgan fingerprint density at radius 1 is 1.18 bits per heavy atom. The molecule has 11 heteroatoms. The quantitative estimate of drug-likeness (QED) is 0.603. The third kappa shape index (κ3) is 3.93. The topological polar surface area (TPSA) is 116 Å². The highest BCUT2D eigenvalue weighted by Gasteiger charge is 2.24. The number of aromatic nitrogens is 1. The van der Waals surface area contributed by atoms with E-state index in [0.717, 1.165) is 11.3 Å². The standard InChI is InChI=1S/C17H13ClN2O6S2/c1-9-14(16(22)25-2)27-17(19-9)20-15(21)12-7-8-13(26-12)28(23,24)11-5-3-10(18)4-6-11/h3-8H,1-2H3,(H,19,20,21). The maximum atomic E-state index is 12.6. The number of esters is 1. The van der Waals surface area contributed by atoms with Crippen molar-refractivity contribution < 1.29 is 27.2 Å². The average molecular weight is 441 g/mol. The Labute approximate surface area is 169 Å². The number of carbonyl (C=O) groups excluding carboxylic acids is 2. The minimum absolute atomic E-state index is 0.0172. The molecule has 8 nitrogen and oxygen atoms in total. The molecule has 3 aromatic rings. The molecule has 0 radical (unpaired) electrons. The van der Waals surface area contributed by atoms with Crippen molar-refractivity contribution in [1.82, 2.24) is 4.98 Å². The number of anilines is 1. The van der Waals surface area contributed by atoms with Gasteiger partial charge in [-0.25, -0.2) is 18.2 Å². The van der Waals surface area contributed by atoms with E-state index in [1.165, 1.54) is 43.5 Å². The number of carbonyl (C=O) groups is 2. The third-order valence-electron chi connectivity index (χ3n) is 3.58. The van der Waals surface area contributed by atoms with Gasteiger partial charge >= 0.3 is 5.97 Å². The van der Waals surface area contributed by atoms with Gasteiger partial charge in [0.15, 0.2) is 10.9 Å². The zero-order valence-corrected chi connectivity index (χ0v) is 16.9. The second-order valence-corrected chi connectivity index (χ2v) is 8.77. The lowest BCUT2D eigenvalue weighted by Gasteiger charge is -2.01. The van der Waals surface area contributed by atoms with E-state index >= 15 is 0 Å². The fraction of sp³-hybridized carbons (Fsp3) is 0.118. The summed E-state index contributed by atoms with van der Waals surface area (Å²) in [5, 5.41) is 2.63. The van der Waals surface area contributed by atoms with E-state index in [1.807, 2.05) is 0 Å². The number of amides is 1. The van der Waals surface area contributed by atoms with E-state index in [0.29, 0.717) is 10.7 Å². The SMILES string of the molecule is COC(=O)c1sc(NC(=O)c2ccc(S(=O)(=O)c3ccc(Cl)cc3)o2)nc1C. The summed E-state index contributed by atoms with van der Waals surface area (Å²) >= 11 is 6.70. The summed E-state index contributed by atoms with van der Waals surface area (Å²) in [7, 11) is -2.70. The van der Waals surface area contributed by atoms with E-state index in [2.05, 4.69) is 15.0 Å². The maximum Gasteiger partial charge on any atom is 0.350 e. The Morgan fingerprint density at radius 3 is 2.50 bits per heavy atom. The monoisotopic (exact) mass is 440 g/mol. The number of rotatable bonds is 5. The normalized spacial score (nSPS) is 11.2. The van der Waals surface area contributed by atoms with Crippen molar-refractivity contribution in [2.24, 2.45) is 0 Å². The van der Waals surface area contributed by atoms with Gasteiger partial charge in [-0.1, -0.05) is 22.9 Å². The van der Waals surface area contributed by atoms with Crippen molar-refractivity contribution in [2.45, 2.75) is 16.9 Å². The molecule has 0 aliphatic heterocycles. The molecule has 0 fully saturated rings. The Kier molecular flexibility index (Phi) is 5.54. The minimum atomic E-state index is -3.94. The van der Waals surface area contributed by atoms with Gasteiger partial charge in [0.1, 0.15) is 4.88 Å². The molecule has 146 valence electrons. The second kappa shape index (κ2) is 7.74. The first-order chi connectivity index (χ1) is 13.2. The lowest BCUT2D eigenvalue weighted by Crippen LogP contribution is -2.10. The van der Waals surface area contributed by atoms with Gasteiger partial charge in [-0.15, -0.1) is 0 Å². The minimum Gasteiger partial charge on any atom is -0.465 e. The molecule has 0 saturated carbocycles. The van der Waals surface area contributed by atoms with Crippen molar-refractivity contribution in [1.29, 1.82) is 0 Å². The van der Waals surface area contributed by atoms with Crippen LogP contribution in [0.15, 0.2) is 50.8 Å². The fourth-order valence-electron chi connectivity index (χ4n) is 2.21. The zero-order valence-electron chi connectivity index (χ0n) is 14.6. The summed E-state index contributed by atoms with van der Waals surface area (Å²) in [6.45, 7) is 1.60. The summed E-state index contributed by atoms with van der Waals surface area (Å²) in [4.78, 5) is 28.2. The molecular weight excluding hydrogens is 428 g/mol. The van der Waals surface area contributed by atoms with Crippen LogP contribution in [0, 0.1) is 6.92 Å². The molecule has 0 saturated heterocycles. The summed E-state index contributed by atoms with van der Waals surface area (Å²) in [6.07, 6.45) is 0. The van der Waals surface area contributed by atoms with Crippen LogP contribution in [0.25, 0.3) is 0 Å². The number of thiazole rings is 1. The first-order valence-corrected chi connectivity index (χ1v) is 10.4. The van der Waals surface area contributed by atoms with Crippen molar-refractivity contribution >= 4 is 49.8 Å². The van der Waals surface area contributed by atoms with Gasteiger partial charge in [0.2, 0.25) is 14.9 Å². The summed E-state index contributed by atoms with van der Waals surface area (Å²) in [5.41, 5.74) is 0.401. The Hall–Kier alpha value is -2.69. The number of benzene rings is 1. The third-order valence-corrected chi connectivity index (χ3v) is 6.53. The molecule has 3 rings (SSSR count). The number of nitrogens with zero attached hydrogens (tertiary/aromatic N) is 1. The zero-order chi connectivity index (χ0) is 20.5. The van der Waals surface area contributed by atoms with E-state index in [1.54, 1.807) is 6.92 Å². The van der Waals surface area contributed by atoms with Crippen molar-refractivity contribution in [3.05, 3.63) is 57.8 Å². The number of methoxy groups -OCH3 is 1. The van der Waals surface area contributed by atoms with Gasteiger partial charge in [0.25, 0.3) is 5.91 Å². The Balaban J connectivity index is 1.81. The largest absolute Gasteiger partial charge is 0.465 e. The number of hydrogen-bond donors (Lipinski definition) is 1. The summed E-state index contributed by atoms with van der Waals surface area (Å²) in [6, 6.07) is 7.98. The molecule has 0 unspecified atom stereocenters. The van der Waals surface area contributed by atoms with Crippen LogP contribution >= 0.6 is 22.9 Å². The number of ether oxygens (including phenoxy) is 1. The van der Waals surface area contributed by atoms with Crippen LogP contribution in [0.2, 0.25) is 5.02 Å². The van der Waals surface area contributed by atoms with Crippen LogP contribution in [-0.4, -0.2) is 32.4 Å². The highest BCUT2D eigenvalue weighted by Crippen LogP contribution is 2.26. The number of halogens is 1. The summed E-state index contributed by atoms with van der Waals surface area (Å²) in [5.74, 6) is -1.49. The van der Waals surface area contributed by atoms with Crippen LogP contribution in [0.1, 0.15) is 25.9 Å². The van der Waals surface area contributed by atoms with Crippen molar-refractivity contribution in [2.75, 3.05) is 12.4 Å². The van der Waals surface area contributed by atoms with Crippen LogP contribution in [-0.2, 0) is 14.6 Å². The number of furan rings is 1. The predicted octanol–water partition coefficient (Wildman–Crippen LogP) is 3.57.